The van der Waals surface area contributed by atoms with E-state index in [-0.39, 0.29) is 31.9 Å². The fourth-order valence-corrected chi connectivity index (χ4v) is 3.39. The summed E-state index contributed by atoms with van der Waals surface area (Å²) in [5.41, 5.74) is 0.332. The Kier molecular flexibility index (Phi) is 6.65. The Morgan fingerprint density at radius 1 is 0.897 bits per heavy atom. The average Bonchev–Trinajstić information content (AvgIpc) is 2.73. The number of nitrogens with one attached hydrogen (secondary N) is 1. The van der Waals surface area contributed by atoms with Gasteiger partial charge >= 0.3 is 5.97 Å². The summed E-state index contributed by atoms with van der Waals surface area (Å²) in [4.78, 5) is 24.5. The SMILES string of the molecule is O=C(Nc1c(F)cc(-c2ccccc2)c(Cl)c1Cl)c1cc(Cl)ccc1C(=O)OCl. The van der Waals surface area contributed by atoms with Gasteiger partial charge in [-0.3, -0.25) is 4.79 Å². The summed E-state index contributed by atoms with van der Waals surface area (Å²) in [6.45, 7) is 0. The van der Waals surface area contributed by atoms with Crippen molar-refractivity contribution < 1.29 is 18.3 Å². The number of rotatable bonds is 4. The van der Waals surface area contributed by atoms with Gasteiger partial charge in [-0.15, -0.1) is 0 Å². The molecule has 148 valence electrons. The molecule has 0 aliphatic heterocycles. The van der Waals surface area contributed by atoms with Crippen LogP contribution in [0.4, 0.5) is 10.1 Å². The first-order valence-electron chi connectivity index (χ1n) is 8.00. The molecule has 0 saturated carbocycles. The third-order valence-electron chi connectivity index (χ3n) is 4.00. The van der Waals surface area contributed by atoms with Crippen molar-refractivity contribution in [2.45, 2.75) is 0 Å². The number of carbonyl (C=O) groups is 2. The van der Waals surface area contributed by atoms with Gasteiger partial charge in [0.15, 0.2) is 0 Å². The largest absolute Gasteiger partial charge is 0.357 e. The molecule has 0 aromatic heterocycles. The van der Waals surface area contributed by atoms with Gasteiger partial charge in [-0.05, 0) is 29.8 Å². The maximum atomic E-state index is 14.8. The van der Waals surface area contributed by atoms with Crippen LogP contribution in [0.25, 0.3) is 11.1 Å². The number of carbonyl (C=O) groups excluding carboxylic acids is 2. The number of anilines is 1. The van der Waals surface area contributed by atoms with E-state index in [1.165, 1.54) is 18.2 Å². The summed E-state index contributed by atoms with van der Waals surface area (Å²) in [5.74, 6) is -2.64. The van der Waals surface area contributed by atoms with E-state index in [2.05, 4.69) is 9.61 Å². The summed E-state index contributed by atoms with van der Waals surface area (Å²) in [6, 6.07) is 13.8. The summed E-state index contributed by atoms with van der Waals surface area (Å²) in [7, 11) is 0. The van der Waals surface area contributed by atoms with Gasteiger partial charge in [-0.2, -0.15) is 0 Å². The molecule has 3 aromatic rings. The van der Waals surface area contributed by atoms with Crippen LogP contribution in [0, 0.1) is 5.82 Å². The van der Waals surface area contributed by atoms with Crippen LogP contribution in [0.2, 0.25) is 15.1 Å². The molecule has 1 amide bonds. The lowest BCUT2D eigenvalue weighted by molar-refractivity contribution is 0.0746. The lowest BCUT2D eigenvalue weighted by Crippen LogP contribution is -2.18. The molecule has 3 aromatic carbocycles. The second-order valence-electron chi connectivity index (χ2n) is 5.78. The van der Waals surface area contributed by atoms with Gasteiger partial charge in [0.25, 0.3) is 5.91 Å². The number of halogens is 5. The molecule has 0 unspecified atom stereocenters. The predicted molar refractivity (Wildman–Crippen MR) is 113 cm³/mol. The Bertz CT molecular complexity index is 1110. The molecule has 4 nitrogen and oxygen atoms in total. The Hall–Kier alpha value is -2.31. The van der Waals surface area contributed by atoms with Crippen molar-refractivity contribution in [2.24, 2.45) is 0 Å². The van der Waals surface area contributed by atoms with Crippen LogP contribution in [0.5, 0.6) is 0 Å². The molecule has 0 spiro atoms. The van der Waals surface area contributed by atoms with Crippen LogP contribution in [-0.4, -0.2) is 11.9 Å². The molecule has 0 bridgehead atoms. The van der Waals surface area contributed by atoms with Crippen LogP contribution < -0.4 is 5.32 Å². The van der Waals surface area contributed by atoms with Crippen molar-refractivity contribution in [1.29, 1.82) is 0 Å². The first-order valence-corrected chi connectivity index (χ1v) is 9.44. The lowest BCUT2D eigenvalue weighted by Gasteiger charge is -2.14. The normalized spacial score (nSPS) is 10.5. The zero-order valence-corrected chi connectivity index (χ0v) is 17.3. The van der Waals surface area contributed by atoms with E-state index in [4.69, 9.17) is 46.7 Å². The molecule has 0 aliphatic rings. The van der Waals surface area contributed by atoms with Gasteiger partial charge in [-0.25, -0.2) is 9.18 Å². The molecule has 0 radical (unpaired) electrons. The van der Waals surface area contributed by atoms with E-state index in [1.807, 2.05) is 0 Å². The number of benzene rings is 3. The standard InChI is InChI=1S/C20H10Cl4FNO3/c21-11-6-7-12(20(28)29-24)14(8-11)19(27)26-18-15(25)9-13(16(22)17(18)23)10-4-2-1-3-5-10/h1-9H,(H,26,27). The van der Waals surface area contributed by atoms with Crippen molar-refractivity contribution in [1.82, 2.24) is 0 Å². The number of hydrogen-bond donors (Lipinski definition) is 1. The lowest BCUT2D eigenvalue weighted by atomic mass is 10.0. The van der Waals surface area contributed by atoms with E-state index >= 15 is 0 Å². The summed E-state index contributed by atoms with van der Waals surface area (Å²) in [6.07, 6.45) is 0. The Morgan fingerprint density at radius 2 is 1.59 bits per heavy atom. The van der Waals surface area contributed by atoms with Gasteiger partial charge in [0.1, 0.15) is 17.7 Å². The second-order valence-corrected chi connectivity index (χ2v) is 7.13. The molecule has 0 fully saturated rings. The van der Waals surface area contributed by atoms with E-state index in [0.29, 0.717) is 11.1 Å². The Morgan fingerprint density at radius 3 is 2.24 bits per heavy atom. The minimum Gasteiger partial charge on any atom is -0.343 e. The van der Waals surface area contributed by atoms with Crippen molar-refractivity contribution >= 4 is 64.2 Å². The molecule has 9 heteroatoms. The highest BCUT2D eigenvalue weighted by Crippen LogP contribution is 2.40. The summed E-state index contributed by atoms with van der Waals surface area (Å²) >= 11 is 23.5. The highest BCUT2D eigenvalue weighted by atomic mass is 35.5. The molecule has 1 N–H and O–H groups in total. The topological polar surface area (TPSA) is 55.4 Å². The van der Waals surface area contributed by atoms with Gasteiger partial charge < -0.3 is 9.61 Å². The van der Waals surface area contributed by atoms with Gasteiger partial charge in [0.05, 0.1) is 26.9 Å². The van der Waals surface area contributed by atoms with Crippen molar-refractivity contribution in [2.75, 3.05) is 5.32 Å². The van der Waals surface area contributed by atoms with Gasteiger partial charge in [0.2, 0.25) is 0 Å². The van der Waals surface area contributed by atoms with E-state index < -0.39 is 17.7 Å². The minimum atomic E-state index is -0.975. The highest BCUT2D eigenvalue weighted by Gasteiger charge is 2.23. The number of amides is 1. The van der Waals surface area contributed by atoms with E-state index in [9.17, 15) is 14.0 Å². The highest BCUT2D eigenvalue weighted by molar-refractivity contribution is 6.45. The fraction of sp³-hybridized carbons (Fsp3) is 0. The predicted octanol–water partition coefficient (Wildman–Crippen LogP) is 7.02. The van der Waals surface area contributed by atoms with Crippen LogP contribution >= 0.6 is 46.7 Å². The monoisotopic (exact) mass is 471 g/mol. The average molecular weight is 473 g/mol. The third-order valence-corrected chi connectivity index (χ3v) is 5.24. The number of hydrogen-bond acceptors (Lipinski definition) is 3. The first kappa shape index (κ1) is 21.4. The molecule has 0 heterocycles. The molecule has 0 atom stereocenters. The zero-order chi connectivity index (χ0) is 21.1. The minimum absolute atomic E-state index is 0.0565. The quantitative estimate of drug-likeness (QED) is 0.415. The van der Waals surface area contributed by atoms with Crippen LogP contribution in [0.3, 0.4) is 0 Å². The summed E-state index contributed by atoms with van der Waals surface area (Å²) < 4.78 is 18.9. The van der Waals surface area contributed by atoms with Gasteiger partial charge in [-0.1, -0.05) is 65.1 Å². The van der Waals surface area contributed by atoms with Crippen molar-refractivity contribution in [3.63, 3.8) is 0 Å². The second kappa shape index (κ2) is 9.01. The molecular formula is C20H10Cl4FNO3. The first-order chi connectivity index (χ1) is 13.8. The van der Waals surface area contributed by atoms with E-state index in [0.717, 1.165) is 6.07 Å². The van der Waals surface area contributed by atoms with Crippen LogP contribution in [0.1, 0.15) is 20.7 Å². The molecule has 0 saturated heterocycles. The van der Waals surface area contributed by atoms with Crippen molar-refractivity contribution in [3.8, 4) is 11.1 Å². The fourth-order valence-electron chi connectivity index (χ4n) is 2.64. The smallest absolute Gasteiger partial charge is 0.343 e. The maximum Gasteiger partial charge on any atom is 0.357 e. The summed E-state index contributed by atoms with van der Waals surface area (Å²) in [5, 5.41) is 2.36. The zero-order valence-electron chi connectivity index (χ0n) is 14.3. The van der Waals surface area contributed by atoms with Crippen LogP contribution in [-0.2, 0) is 4.29 Å². The Labute approximate surface area is 185 Å². The third kappa shape index (κ3) is 4.49. The molecule has 3 rings (SSSR count). The van der Waals surface area contributed by atoms with E-state index in [1.54, 1.807) is 30.3 Å². The molecular weight excluding hydrogens is 463 g/mol. The molecule has 0 aliphatic carbocycles. The van der Waals surface area contributed by atoms with Crippen molar-refractivity contribution in [3.05, 3.63) is 86.6 Å². The maximum absolute atomic E-state index is 14.8. The van der Waals surface area contributed by atoms with Gasteiger partial charge in [0, 0.05) is 10.6 Å². The Balaban J connectivity index is 2.02. The molecule has 29 heavy (non-hydrogen) atoms. The van der Waals surface area contributed by atoms with Crippen LogP contribution in [0.15, 0.2) is 54.6 Å².